The number of phenolic OH excluding ortho intramolecular Hbond substituents is 2. The number of aromatic hydroxyl groups is 2. The van der Waals surface area contributed by atoms with Gasteiger partial charge in [-0.05, 0) is 31.0 Å². The summed E-state index contributed by atoms with van der Waals surface area (Å²) in [6, 6.07) is 5.96. The van der Waals surface area contributed by atoms with Gasteiger partial charge in [0.2, 0.25) is 5.91 Å². The van der Waals surface area contributed by atoms with Crippen molar-refractivity contribution < 1.29 is 15.0 Å². The van der Waals surface area contributed by atoms with Gasteiger partial charge in [0.05, 0.1) is 6.42 Å². The predicted octanol–water partition coefficient (Wildman–Crippen LogP) is 2.27. The lowest BCUT2D eigenvalue weighted by molar-refractivity contribution is -0.115. The number of rotatable bonds is 4. The van der Waals surface area contributed by atoms with Gasteiger partial charge in [-0.3, -0.25) is 9.89 Å². The van der Waals surface area contributed by atoms with Crippen molar-refractivity contribution in [2.24, 2.45) is 0 Å². The fraction of sp³-hybridized carbons (Fsp3) is 0.333. The fourth-order valence-electron chi connectivity index (χ4n) is 2.40. The Morgan fingerprint density at radius 2 is 2.14 bits per heavy atom. The van der Waals surface area contributed by atoms with Gasteiger partial charge in [-0.2, -0.15) is 5.10 Å². The molecule has 0 bridgehead atoms. The Kier molecular flexibility index (Phi) is 3.51. The van der Waals surface area contributed by atoms with Crippen molar-refractivity contribution in [2.75, 3.05) is 5.32 Å². The first-order valence-corrected chi connectivity index (χ1v) is 6.98. The van der Waals surface area contributed by atoms with Crippen molar-refractivity contribution in [3.63, 3.8) is 0 Å². The molecule has 1 aliphatic carbocycles. The third-order valence-corrected chi connectivity index (χ3v) is 3.82. The van der Waals surface area contributed by atoms with Crippen LogP contribution in [0, 0.1) is 0 Å². The number of H-pyrrole nitrogens is 1. The van der Waals surface area contributed by atoms with E-state index >= 15 is 0 Å². The molecule has 0 aliphatic heterocycles. The molecule has 21 heavy (non-hydrogen) atoms. The highest BCUT2D eigenvalue weighted by molar-refractivity contribution is 5.91. The summed E-state index contributed by atoms with van der Waals surface area (Å²) in [7, 11) is 0. The highest BCUT2D eigenvalue weighted by Gasteiger charge is 2.21. The van der Waals surface area contributed by atoms with Gasteiger partial charge in [0.1, 0.15) is 11.5 Å². The van der Waals surface area contributed by atoms with Crippen LogP contribution in [0.5, 0.6) is 11.5 Å². The molecule has 1 amide bonds. The van der Waals surface area contributed by atoms with E-state index in [0.717, 1.165) is 18.5 Å². The number of carbonyl (C=O) groups is 1. The van der Waals surface area contributed by atoms with Crippen LogP contribution in [0.4, 0.5) is 5.82 Å². The van der Waals surface area contributed by atoms with Crippen molar-refractivity contribution in [1.82, 2.24) is 10.2 Å². The maximum Gasteiger partial charge on any atom is 0.230 e. The van der Waals surface area contributed by atoms with E-state index in [-0.39, 0.29) is 23.8 Å². The number of hydrogen-bond donors (Lipinski definition) is 4. The van der Waals surface area contributed by atoms with Gasteiger partial charge in [-0.1, -0.05) is 6.42 Å². The lowest BCUT2D eigenvalue weighted by atomic mass is 9.83. The number of hydrogen-bond acceptors (Lipinski definition) is 4. The first kappa shape index (κ1) is 13.5. The van der Waals surface area contributed by atoms with Crippen molar-refractivity contribution >= 4 is 11.7 Å². The third kappa shape index (κ3) is 2.99. The number of amides is 1. The molecule has 1 saturated carbocycles. The van der Waals surface area contributed by atoms with E-state index < -0.39 is 0 Å². The Morgan fingerprint density at radius 3 is 2.86 bits per heavy atom. The highest BCUT2D eigenvalue weighted by Crippen LogP contribution is 2.35. The zero-order valence-electron chi connectivity index (χ0n) is 11.5. The van der Waals surface area contributed by atoms with Crippen LogP contribution in [-0.2, 0) is 11.2 Å². The lowest BCUT2D eigenvalue weighted by Gasteiger charge is -2.23. The quantitative estimate of drug-likeness (QED) is 0.648. The number of carbonyl (C=O) groups excluding carboxylic acids is 1. The maximum atomic E-state index is 12.0. The lowest BCUT2D eigenvalue weighted by Crippen LogP contribution is -2.14. The molecular weight excluding hydrogens is 270 g/mol. The van der Waals surface area contributed by atoms with E-state index in [4.69, 9.17) is 0 Å². The zero-order chi connectivity index (χ0) is 14.8. The topological polar surface area (TPSA) is 98.2 Å². The molecule has 6 heteroatoms. The number of nitrogens with one attached hydrogen (secondary N) is 2. The van der Waals surface area contributed by atoms with E-state index in [2.05, 4.69) is 15.5 Å². The van der Waals surface area contributed by atoms with Crippen LogP contribution >= 0.6 is 0 Å². The largest absolute Gasteiger partial charge is 0.508 e. The van der Waals surface area contributed by atoms with Crippen LogP contribution in [0.3, 0.4) is 0 Å². The normalized spacial score (nSPS) is 14.7. The molecule has 1 heterocycles. The minimum atomic E-state index is -0.289. The molecule has 110 valence electrons. The first-order valence-electron chi connectivity index (χ1n) is 6.98. The number of aromatic nitrogens is 2. The van der Waals surface area contributed by atoms with E-state index in [9.17, 15) is 15.0 Å². The van der Waals surface area contributed by atoms with Crippen LogP contribution in [0.25, 0.3) is 0 Å². The Labute approximate surface area is 121 Å². The Bertz CT molecular complexity index is 662. The van der Waals surface area contributed by atoms with Crippen molar-refractivity contribution in [2.45, 2.75) is 31.6 Å². The summed E-state index contributed by atoms with van der Waals surface area (Å²) in [5, 5.41) is 28.7. The average Bonchev–Trinajstić information content (AvgIpc) is 2.79. The second kappa shape index (κ2) is 5.47. The van der Waals surface area contributed by atoms with E-state index in [1.807, 2.05) is 6.07 Å². The SMILES string of the molecule is O=C(Cc1cc(O)ccc1O)Nc1cc(C2CCC2)[nH]n1. The van der Waals surface area contributed by atoms with Crippen LogP contribution in [0.2, 0.25) is 0 Å². The molecule has 0 saturated heterocycles. The van der Waals surface area contributed by atoms with Gasteiger partial charge in [0, 0.05) is 23.2 Å². The molecule has 1 aromatic heterocycles. The van der Waals surface area contributed by atoms with Crippen LogP contribution < -0.4 is 5.32 Å². The monoisotopic (exact) mass is 287 g/mol. The minimum absolute atomic E-state index is 0.0138. The van der Waals surface area contributed by atoms with Crippen LogP contribution in [0.15, 0.2) is 24.3 Å². The number of nitrogens with zero attached hydrogens (tertiary/aromatic N) is 1. The molecule has 1 aromatic carbocycles. The van der Waals surface area contributed by atoms with E-state index in [1.54, 1.807) is 0 Å². The van der Waals surface area contributed by atoms with Gasteiger partial charge in [-0.25, -0.2) is 0 Å². The predicted molar refractivity (Wildman–Crippen MR) is 77.3 cm³/mol. The smallest absolute Gasteiger partial charge is 0.230 e. The molecular formula is C15H17N3O3. The molecule has 1 aliphatic rings. The molecule has 2 aromatic rings. The molecule has 1 fully saturated rings. The Hall–Kier alpha value is -2.50. The first-order chi connectivity index (χ1) is 10.1. The molecule has 3 rings (SSSR count). The minimum Gasteiger partial charge on any atom is -0.508 e. The summed E-state index contributed by atoms with van der Waals surface area (Å²) in [5.74, 6) is 0.727. The summed E-state index contributed by atoms with van der Waals surface area (Å²) in [5.41, 5.74) is 1.43. The van der Waals surface area contributed by atoms with Gasteiger partial charge >= 0.3 is 0 Å². The summed E-state index contributed by atoms with van der Waals surface area (Å²) >= 11 is 0. The zero-order valence-corrected chi connectivity index (χ0v) is 11.5. The van der Waals surface area contributed by atoms with Gasteiger partial charge < -0.3 is 15.5 Å². The number of aromatic amines is 1. The summed E-state index contributed by atoms with van der Waals surface area (Å²) < 4.78 is 0. The van der Waals surface area contributed by atoms with Gasteiger partial charge in [0.15, 0.2) is 5.82 Å². The molecule has 0 radical (unpaired) electrons. The summed E-state index contributed by atoms with van der Waals surface area (Å²) in [6.07, 6.45) is 3.54. The maximum absolute atomic E-state index is 12.0. The average molecular weight is 287 g/mol. The number of benzene rings is 1. The molecule has 0 unspecified atom stereocenters. The third-order valence-electron chi connectivity index (χ3n) is 3.82. The van der Waals surface area contributed by atoms with Crippen molar-refractivity contribution in [1.29, 1.82) is 0 Å². The second-order valence-corrected chi connectivity index (χ2v) is 5.37. The highest BCUT2D eigenvalue weighted by atomic mass is 16.3. The number of anilines is 1. The van der Waals surface area contributed by atoms with Gasteiger partial charge in [-0.15, -0.1) is 0 Å². The molecule has 0 atom stereocenters. The van der Waals surface area contributed by atoms with Crippen LogP contribution in [0.1, 0.15) is 36.4 Å². The van der Waals surface area contributed by atoms with E-state index in [0.29, 0.717) is 17.3 Å². The van der Waals surface area contributed by atoms with Crippen molar-refractivity contribution in [3.05, 3.63) is 35.5 Å². The van der Waals surface area contributed by atoms with Crippen LogP contribution in [-0.4, -0.2) is 26.3 Å². The van der Waals surface area contributed by atoms with E-state index in [1.165, 1.54) is 24.6 Å². The van der Waals surface area contributed by atoms with Crippen molar-refractivity contribution in [3.8, 4) is 11.5 Å². The summed E-state index contributed by atoms with van der Waals surface area (Å²) in [4.78, 5) is 12.0. The summed E-state index contributed by atoms with van der Waals surface area (Å²) in [6.45, 7) is 0. The second-order valence-electron chi connectivity index (χ2n) is 5.37. The standard InChI is InChI=1S/C15H17N3O3/c19-11-4-5-13(20)10(6-11)7-15(21)16-14-8-12(17-18-14)9-2-1-3-9/h4-6,8-9,19-20H,1-3,7H2,(H2,16,17,18,21). The molecule has 4 N–H and O–H groups in total. The Balaban J connectivity index is 1.63. The van der Waals surface area contributed by atoms with Gasteiger partial charge in [0.25, 0.3) is 0 Å². The molecule has 0 spiro atoms. The Morgan fingerprint density at radius 1 is 1.33 bits per heavy atom. The molecule has 6 nitrogen and oxygen atoms in total. The fourth-order valence-corrected chi connectivity index (χ4v) is 2.40. The number of phenols is 2.